The van der Waals surface area contributed by atoms with Gasteiger partial charge in [0.05, 0.1) is 7.11 Å². The van der Waals surface area contributed by atoms with Crippen molar-refractivity contribution in [1.82, 2.24) is 4.90 Å². The Morgan fingerprint density at radius 3 is 2.54 bits per heavy atom. The Morgan fingerprint density at radius 2 is 1.79 bits per heavy atom. The number of benzene rings is 2. The van der Waals surface area contributed by atoms with Gasteiger partial charge in [0, 0.05) is 24.9 Å². The molecule has 0 saturated heterocycles. The summed E-state index contributed by atoms with van der Waals surface area (Å²) in [5.74, 6) is 2.06. The van der Waals surface area contributed by atoms with Crippen LogP contribution in [0.15, 0.2) is 59.5 Å². The SMILES string of the molecule is COc1ccccc1CCN(C)C(=O)CCCSc1ccccc1. The van der Waals surface area contributed by atoms with Crippen molar-refractivity contribution in [2.45, 2.75) is 24.2 Å². The highest BCUT2D eigenvalue weighted by molar-refractivity contribution is 7.99. The van der Waals surface area contributed by atoms with E-state index in [-0.39, 0.29) is 5.91 Å². The molecule has 0 aliphatic heterocycles. The third kappa shape index (κ3) is 5.93. The first-order valence-electron chi connectivity index (χ1n) is 8.24. The summed E-state index contributed by atoms with van der Waals surface area (Å²) in [6, 6.07) is 18.3. The minimum Gasteiger partial charge on any atom is -0.496 e. The number of hydrogen-bond acceptors (Lipinski definition) is 3. The van der Waals surface area contributed by atoms with Gasteiger partial charge in [0.15, 0.2) is 0 Å². The predicted molar refractivity (Wildman–Crippen MR) is 101 cm³/mol. The summed E-state index contributed by atoms with van der Waals surface area (Å²) in [6.45, 7) is 0.713. The van der Waals surface area contributed by atoms with Crippen LogP contribution >= 0.6 is 11.8 Å². The van der Waals surface area contributed by atoms with Crippen LogP contribution in [0.2, 0.25) is 0 Å². The molecule has 1 amide bonds. The first-order chi connectivity index (χ1) is 11.7. The van der Waals surface area contributed by atoms with Gasteiger partial charge in [-0.1, -0.05) is 36.4 Å². The zero-order chi connectivity index (χ0) is 17.2. The summed E-state index contributed by atoms with van der Waals surface area (Å²) in [5, 5.41) is 0. The van der Waals surface area contributed by atoms with E-state index in [0.717, 1.165) is 29.9 Å². The first kappa shape index (κ1) is 18.4. The Bertz CT molecular complexity index is 631. The maximum atomic E-state index is 12.2. The Labute approximate surface area is 149 Å². The van der Waals surface area contributed by atoms with Crippen molar-refractivity contribution in [3.8, 4) is 5.75 Å². The number of rotatable bonds is 9. The largest absolute Gasteiger partial charge is 0.496 e. The number of carbonyl (C=O) groups excluding carboxylic acids is 1. The maximum absolute atomic E-state index is 12.2. The summed E-state index contributed by atoms with van der Waals surface area (Å²) in [4.78, 5) is 15.3. The molecule has 0 saturated carbocycles. The minimum absolute atomic E-state index is 0.207. The Balaban J connectivity index is 1.68. The second-order valence-electron chi connectivity index (χ2n) is 5.64. The third-order valence-electron chi connectivity index (χ3n) is 3.88. The van der Waals surface area contributed by atoms with Gasteiger partial charge in [0.2, 0.25) is 5.91 Å². The number of likely N-dealkylation sites (N-methyl/N-ethyl adjacent to an activating group) is 1. The van der Waals surface area contributed by atoms with E-state index in [1.807, 2.05) is 54.4 Å². The molecule has 0 unspecified atom stereocenters. The summed E-state index contributed by atoms with van der Waals surface area (Å²) >= 11 is 1.80. The highest BCUT2D eigenvalue weighted by Crippen LogP contribution is 2.19. The van der Waals surface area contributed by atoms with Gasteiger partial charge in [-0.05, 0) is 42.4 Å². The molecule has 0 heterocycles. The van der Waals surface area contributed by atoms with Crippen molar-refractivity contribution in [1.29, 1.82) is 0 Å². The molecule has 3 nitrogen and oxygen atoms in total. The van der Waals surface area contributed by atoms with E-state index in [2.05, 4.69) is 12.1 Å². The van der Waals surface area contributed by atoms with Crippen LogP contribution in [-0.2, 0) is 11.2 Å². The van der Waals surface area contributed by atoms with E-state index in [4.69, 9.17) is 4.74 Å². The molecule has 0 radical (unpaired) electrons. The molecule has 2 aromatic carbocycles. The summed E-state index contributed by atoms with van der Waals surface area (Å²) in [6.07, 6.45) is 2.31. The van der Waals surface area contributed by atoms with Gasteiger partial charge in [0.1, 0.15) is 5.75 Å². The number of carbonyl (C=O) groups is 1. The van der Waals surface area contributed by atoms with Crippen molar-refractivity contribution in [3.63, 3.8) is 0 Å². The molecule has 0 aliphatic rings. The van der Waals surface area contributed by atoms with Gasteiger partial charge in [0.25, 0.3) is 0 Å². The van der Waals surface area contributed by atoms with Crippen molar-refractivity contribution >= 4 is 17.7 Å². The molecular weight excluding hydrogens is 318 g/mol. The fourth-order valence-electron chi connectivity index (χ4n) is 2.44. The second kappa shape index (κ2) is 10.0. The van der Waals surface area contributed by atoms with E-state index in [1.165, 1.54) is 4.90 Å². The van der Waals surface area contributed by atoms with Crippen LogP contribution in [-0.4, -0.2) is 37.3 Å². The highest BCUT2D eigenvalue weighted by Gasteiger charge is 2.10. The Kier molecular flexibility index (Phi) is 7.69. The average Bonchev–Trinajstić information content (AvgIpc) is 2.64. The van der Waals surface area contributed by atoms with Crippen LogP contribution in [0.1, 0.15) is 18.4 Å². The van der Waals surface area contributed by atoms with E-state index in [9.17, 15) is 4.79 Å². The summed E-state index contributed by atoms with van der Waals surface area (Å²) in [5.41, 5.74) is 1.14. The number of para-hydroxylation sites is 1. The van der Waals surface area contributed by atoms with E-state index in [1.54, 1.807) is 18.9 Å². The smallest absolute Gasteiger partial charge is 0.222 e. The van der Waals surface area contributed by atoms with E-state index in [0.29, 0.717) is 13.0 Å². The normalized spacial score (nSPS) is 10.4. The highest BCUT2D eigenvalue weighted by atomic mass is 32.2. The molecule has 0 fully saturated rings. The van der Waals surface area contributed by atoms with Crippen LogP contribution in [0.5, 0.6) is 5.75 Å². The monoisotopic (exact) mass is 343 g/mol. The Hall–Kier alpha value is -1.94. The predicted octanol–water partition coefficient (Wildman–Crippen LogP) is 4.27. The lowest BCUT2D eigenvalue weighted by Gasteiger charge is -2.18. The second-order valence-corrected chi connectivity index (χ2v) is 6.81. The topological polar surface area (TPSA) is 29.5 Å². The van der Waals surface area contributed by atoms with Gasteiger partial charge < -0.3 is 9.64 Å². The van der Waals surface area contributed by atoms with Crippen molar-refractivity contribution < 1.29 is 9.53 Å². The molecular formula is C20H25NO2S. The van der Waals surface area contributed by atoms with Crippen molar-refractivity contribution in [2.24, 2.45) is 0 Å². The van der Waals surface area contributed by atoms with Crippen molar-refractivity contribution in [2.75, 3.05) is 26.5 Å². The number of ether oxygens (including phenoxy) is 1. The molecule has 2 aromatic rings. The molecule has 0 bridgehead atoms. The molecule has 0 N–H and O–H groups in total. The molecule has 0 spiro atoms. The molecule has 128 valence electrons. The maximum Gasteiger partial charge on any atom is 0.222 e. The molecule has 0 aliphatic carbocycles. The van der Waals surface area contributed by atoms with Crippen LogP contribution in [0.4, 0.5) is 0 Å². The Morgan fingerprint density at radius 1 is 1.08 bits per heavy atom. The lowest BCUT2D eigenvalue weighted by atomic mass is 10.1. The summed E-state index contributed by atoms with van der Waals surface area (Å²) < 4.78 is 5.35. The molecule has 0 atom stereocenters. The molecule has 4 heteroatoms. The molecule has 0 aromatic heterocycles. The van der Waals surface area contributed by atoms with Gasteiger partial charge in [-0.15, -0.1) is 11.8 Å². The molecule has 24 heavy (non-hydrogen) atoms. The van der Waals surface area contributed by atoms with E-state index < -0.39 is 0 Å². The van der Waals surface area contributed by atoms with E-state index >= 15 is 0 Å². The van der Waals surface area contributed by atoms with Crippen LogP contribution in [0, 0.1) is 0 Å². The van der Waals surface area contributed by atoms with Gasteiger partial charge in [-0.25, -0.2) is 0 Å². The molecule has 2 rings (SSSR count). The van der Waals surface area contributed by atoms with Crippen LogP contribution < -0.4 is 4.74 Å². The number of methoxy groups -OCH3 is 1. The average molecular weight is 343 g/mol. The minimum atomic E-state index is 0.207. The van der Waals surface area contributed by atoms with Gasteiger partial charge >= 0.3 is 0 Å². The van der Waals surface area contributed by atoms with Gasteiger partial charge in [-0.2, -0.15) is 0 Å². The number of nitrogens with zero attached hydrogens (tertiary/aromatic N) is 1. The number of thioether (sulfide) groups is 1. The third-order valence-corrected chi connectivity index (χ3v) is 4.98. The number of hydrogen-bond donors (Lipinski definition) is 0. The first-order valence-corrected chi connectivity index (χ1v) is 9.23. The summed E-state index contributed by atoms with van der Waals surface area (Å²) in [7, 11) is 3.56. The van der Waals surface area contributed by atoms with Gasteiger partial charge in [-0.3, -0.25) is 4.79 Å². The fraction of sp³-hybridized carbons (Fsp3) is 0.350. The van der Waals surface area contributed by atoms with Crippen LogP contribution in [0.25, 0.3) is 0 Å². The van der Waals surface area contributed by atoms with Crippen LogP contribution in [0.3, 0.4) is 0 Å². The van der Waals surface area contributed by atoms with Crippen molar-refractivity contribution in [3.05, 3.63) is 60.2 Å². The lowest BCUT2D eigenvalue weighted by Crippen LogP contribution is -2.28. The standard InChI is InChI=1S/C20H25NO2S/c1-21(15-14-17-9-6-7-12-19(17)23-2)20(22)13-8-16-24-18-10-4-3-5-11-18/h3-7,9-12H,8,13-16H2,1-2H3. The quantitative estimate of drug-likeness (QED) is 0.503. The fourth-order valence-corrected chi connectivity index (χ4v) is 3.32. The zero-order valence-corrected chi connectivity index (χ0v) is 15.2. The zero-order valence-electron chi connectivity index (χ0n) is 14.4. The number of amides is 1. The lowest BCUT2D eigenvalue weighted by molar-refractivity contribution is -0.129.